The summed E-state index contributed by atoms with van der Waals surface area (Å²) in [6.45, 7) is 4.07. The molecule has 2 aromatic carbocycles. The molecule has 9 nitrogen and oxygen atoms in total. The number of rotatable bonds is 10. The molecule has 1 atom stereocenters. The minimum absolute atomic E-state index is 0.314. The number of amides is 1. The van der Waals surface area contributed by atoms with Crippen molar-refractivity contribution in [3.05, 3.63) is 64.9 Å². The fraction of sp³-hybridized carbons (Fsp3) is 0.280. The molecule has 1 amide bonds. The second-order valence-corrected chi connectivity index (χ2v) is 8.83. The number of likely N-dealkylation sites (N-methyl/N-ethyl adjacent to an activating group) is 1. The van der Waals surface area contributed by atoms with Gasteiger partial charge in [0.25, 0.3) is 0 Å². The summed E-state index contributed by atoms with van der Waals surface area (Å²) < 4.78 is 12.1. The van der Waals surface area contributed by atoms with E-state index in [4.69, 9.17) is 14.6 Å². The number of aliphatic hydroxyl groups excluding tert-OH is 1. The van der Waals surface area contributed by atoms with E-state index >= 15 is 0 Å². The third kappa shape index (κ3) is 6.03. The molecule has 0 radical (unpaired) electrons. The summed E-state index contributed by atoms with van der Waals surface area (Å²) >= 11 is 1.54. The lowest BCUT2D eigenvalue weighted by molar-refractivity contribution is -0.133. The van der Waals surface area contributed by atoms with Crippen molar-refractivity contribution < 1.29 is 19.4 Å². The number of aryl methyl sites for hydroxylation is 1. The van der Waals surface area contributed by atoms with Gasteiger partial charge in [-0.1, -0.05) is 6.07 Å². The number of nitrogens with one attached hydrogen (secondary N) is 1. The van der Waals surface area contributed by atoms with Gasteiger partial charge >= 0.3 is 0 Å². The third-order valence-corrected chi connectivity index (χ3v) is 5.98. The summed E-state index contributed by atoms with van der Waals surface area (Å²) in [4.78, 5) is 26.2. The molecule has 4 aromatic rings. The van der Waals surface area contributed by atoms with E-state index in [2.05, 4.69) is 20.3 Å². The molecule has 0 aliphatic carbocycles. The summed E-state index contributed by atoms with van der Waals surface area (Å²) in [7, 11) is 1.63. The lowest BCUT2D eigenvalue weighted by Gasteiger charge is -2.23. The Morgan fingerprint density at radius 3 is 2.80 bits per heavy atom. The van der Waals surface area contributed by atoms with Crippen LogP contribution in [-0.4, -0.2) is 57.2 Å². The maximum Gasteiger partial charge on any atom is 0.248 e. The summed E-state index contributed by atoms with van der Waals surface area (Å²) in [5.41, 5.74) is 5.24. The van der Waals surface area contributed by atoms with Crippen molar-refractivity contribution in [2.75, 3.05) is 25.5 Å². The Labute approximate surface area is 207 Å². The number of anilines is 2. The molecule has 0 spiro atoms. The normalized spacial score (nSPS) is 11.8. The molecule has 35 heavy (non-hydrogen) atoms. The molecule has 4 rings (SSSR count). The van der Waals surface area contributed by atoms with Crippen LogP contribution >= 0.6 is 11.3 Å². The molecule has 2 aromatic heterocycles. The number of fused-ring (bicyclic) bond motifs is 1. The Morgan fingerprint density at radius 1 is 1.20 bits per heavy atom. The van der Waals surface area contributed by atoms with Gasteiger partial charge in [0.1, 0.15) is 43.0 Å². The molecule has 0 fully saturated rings. The Kier molecular flexibility index (Phi) is 7.74. The molecule has 0 aliphatic heterocycles. The van der Waals surface area contributed by atoms with Crippen LogP contribution in [0.4, 0.5) is 11.5 Å². The minimum atomic E-state index is -0.534. The maximum absolute atomic E-state index is 11.7. The maximum atomic E-state index is 11.7. The number of ether oxygens (including phenoxy) is 2. The van der Waals surface area contributed by atoms with Crippen molar-refractivity contribution >= 4 is 39.7 Å². The molecule has 0 unspecified atom stereocenters. The van der Waals surface area contributed by atoms with Crippen molar-refractivity contribution in [1.82, 2.24) is 19.9 Å². The standard InChI is InChI=1S/C25H27N5O4S/c1-16-9-18(7-8-21(16)33-12-19-13-35-15-28-19)29-25-24-20(26-14-27-25)5-4-6-22(24)34-17(2)10-30(3)23(32)11-31/h4-9,13-15,17,31H,10-12H2,1-3H3,(H,26,27,29)/t17-/m1/s1. The van der Waals surface area contributed by atoms with Gasteiger partial charge < -0.3 is 24.8 Å². The highest BCUT2D eigenvalue weighted by molar-refractivity contribution is 7.07. The lowest BCUT2D eigenvalue weighted by atomic mass is 10.1. The van der Waals surface area contributed by atoms with E-state index in [0.29, 0.717) is 24.7 Å². The van der Waals surface area contributed by atoms with Gasteiger partial charge in [-0.15, -0.1) is 11.3 Å². The zero-order valence-electron chi connectivity index (χ0n) is 19.8. The number of hydrogen-bond acceptors (Lipinski definition) is 9. The number of thiazole rings is 1. The molecule has 0 saturated carbocycles. The highest BCUT2D eigenvalue weighted by Crippen LogP contribution is 2.33. The van der Waals surface area contributed by atoms with E-state index in [0.717, 1.165) is 33.6 Å². The SMILES string of the molecule is Cc1cc(Nc2ncnc3cccc(O[C@H](C)CN(C)C(=O)CO)c23)ccc1OCc1cscn1. The average Bonchev–Trinajstić information content (AvgIpc) is 3.37. The summed E-state index contributed by atoms with van der Waals surface area (Å²) in [6.07, 6.45) is 1.19. The lowest BCUT2D eigenvalue weighted by Crippen LogP contribution is -2.37. The Balaban J connectivity index is 1.53. The molecular weight excluding hydrogens is 466 g/mol. The van der Waals surface area contributed by atoms with Crippen LogP contribution in [0.1, 0.15) is 18.2 Å². The van der Waals surface area contributed by atoms with E-state index < -0.39 is 6.61 Å². The fourth-order valence-corrected chi connectivity index (χ4v) is 4.16. The summed E-state index contributed by atoms with van der Waals surface area (Å²) in [5.74, 6) is 1.63. The molecule has 0 saturated heterocycles. The van der Waals surface area contributed by atoms with Crippen LogP contribution in [-0.2, 0) is 11.4 Å². The van der Waals surface area contributed by atoms with Crippen molar-refractivity contribution in [2.45, 2.75) is 26.6 Å². The van der Waals surface area contributed by atoms with Crippen molar-refractivity contribution in [1.29, 1.82) is 0 Å². The Morgan fingerprint density at radius 2 is 2.06 bits per heavy atom. The number of hydrogen-bond donors (Lipinski definition) is 2. The van der Waals surface area contributed by atoms with E-state index in [1.165, 1.54) is 11.2 Å². The predicted octanol–water partition coefficient (Wildman–Crippen LogP) is 3.94. The zero-order chi connectivity index (χ0) is 24.8. The quantitative estimate of drug-likeness (QED) is 0.342. The molecular formula is C25H27N5O4S. The third-order valence-electron chi connectivity index (χ3n) is 5.34. The smallest absolute Gasteiger partial charge is 0.248 e. The first-order valence-corrected chi connectivity index (χ1v) is 12.0. The molecule has 2 heterocycles. The van der Waals surface area contributed by atoms with Gasteiger partial charge in [0.05, 0.1) is 28.7 Å². The second-order valence-electron chi connectivity index (χ2n) is 8.11. The van der Waals surface area contributed by atoms with Gasteiger partial charge in [-0.05, 0) is 49.7 Å². The predicted molar refractivity (Wildman–Crippen MR) is 135 cm³/mol. The van der Waals surface area contributed by atoms with Crippen LogP contribution in [0.15, 0.2) is 53.6 Å². The molecule has 10 heteroatoms. The van der Waals surface area contributed by atoms with Crippen LogP contribution < -0.4 is 14.8 Å². The Hall–Kier alpha value is -3.76. The second kappa shape index (κ2) is 11.1. The number of nitrogens with zero attached hydrogens (tertiary/aromatic N) is 4. The highest BCUT2D eigenvalue weighted by atomic mass is 32.1. The van der Waals surface area contributed by atoms with Gasteiger partial charge in [0, 0.05) is 18.1 Å². The summed E-state index contributed by atoms with van der Waals surface area (Å²) in [5, 5.41) is 15.1. The van der Waals surface area contributed by atoms with Gasteiger partial charge in [-0.2, -0.15) is 0 Å². The number of carbonyl (C=O) groups excluding carboxylic acids is 1. The van der Waals surface area contributed by atoms with Crippen molar-refractivity contribution in [2.24, 2.45) is 0 Å². The molecule has 2 N–H and O–H groups in total. The largest absolute Gasteiger partial charge is 0.488 e. The van der Waals surface area contributed by atoms with Crippen LogP contribution in [0.3, 0.4) is 0 Å². The van der Waals surface area contributed by atoms with E-state index in [-0.39, 0.29) is 12.0 Å². The number of carbonyl (C=O) groups is 1. The number of aromatic nitrogens is 3. The number of aliphatic hydroxyl groups is 1. The van der Waals surface area contributed by atoms with Crippen LogP contribution in [0, 0.1) is 6.92 Å². The van der Waals surface area contributed by atoms with E-state index in [1.54, 1.807) is 23.9 Å². The van der Waals surface area contributed by atoms with Crippen molar-refractivity contribution in [3.8, 4) is 11.5 Å². The first kappa shape index (κ1) is 24.4. The first-order chi connectivity index (χ1) is 16.9. The topological polar surface area (TPSA) is 110 Å². The van der Waals surface area contributed by atoms with E-state index in [9.17, 15) is 4.79 Å². The molecule has 0 aliphatic rings. The van der Waals surface area contributed by atoms with Crippen LogP contribution in [0.5, 0.6) is 11.5 Å². The number of benzene rings is 2. The minimum Gasteiger partial charge on any atom is -0.488 e. The Bertz CT molecular complexity index is 1290. The summed E-state index contributed by atoms with van der Waals surface area (Å²) in [6, 6.07) is 11.4. The fourth-order valence-electron chi connectivity index (χ4n) is 3.62. The molecule has 0 bridgehead atoms. The van der Waals surface area contributed by atoms with Gasteiger partial charge in [-0.3, -0.25) is 4.79 Å². The highest BCUT2D eigenvalue weighted by Gasteiger charge is 2.16. The first-order valence-electron chi connectivity index (χ1n) is 11.1. The van der Waals surface area contributed by atoms with Gasteiger partial charge in [-0.25, -0.2) is 15.0 Å². The monoisotopic (exact) mass is 493 g/mol. The average molecular weight is 494 g/mol. The van der Waals surface area contributed by atoms with Crippen LogP contribution in [0.25, 0.3) is 10.9 Å². The molecule has 182 valence electrons. The van der Waals surface area contributed by atoms with Gasteiger partial charge in [0.15, 0.2) is 0 Å². The van der Waals surface area contributed by atoms with Crippen LogP contribution in [0.2, 0.25) is 0 Å². The zero-order valence-corrected chi connectivity index (χ0v) is 20.6. The van der Waals surface area contributed by atoms with Crippen molar-refractivity contribution in [3.63, 3.8) is 0 Å². The van der Waals surface area contributed by atoms with E-state index in [1.807, 2.05) is 55.6 Å². The van der Waals surface area contributed by atoms with Gasteiger partial charge in [0.2, 0.25) is 5.91 Å².